The second-order valence-corrected chi connectivity index (χ2v) is 6.86. The van der Waals surface area contributed by atoms with Crippen LogP contribution in [0.4, 0.5) is 0 Å². The Morgan fingerprint density at radius 1 is 1.50 bits per heavy atom. The molecule has 0 spiro atoms. The maximum Gasteiger partial charge on any atom is 0.227 e. The molecule has 1 fully saturated rings. The van der Waals surface area contributed by atoms with Crippen molar-refractivity contribution in [2.24, 2.45) is 0 Å². The number of ether oxygens (including phenoxy) is 1. The number of aryl methyl sites for hydroxylation is 1. The van der Waals surface area contributed by atoms with Crippen molar-refractivity contribution in [3.05, 3.63) is 16.2 Å². The highest BCUT2D eigenvalue weighted by molar-refractivity contribution is 7.18. The van der Waals surface area contributed by atoms with E-state index < -0.39 is 0 Å². The Balaban J connectivity index is 1.70. The van der Waals surface area contributed by atoms with Crippen molar-refractivity contribution in [2.45, 2.75) is 32.2 Å². The van der Waals surface area contributed by atoms with Gasteiger partial charge in [-0.25, -0.2) is 4.98 Å². The summed E-state index contributed by atoms with van der Waals surface area (Å²) in [6.07, 6.45) is 3.58. The Morgan fingerprint density at radius 3 is 3.10 bits per heavy atom. The molecular weight excluding hydrogens is 294 g/mol. The molecule has 1 aliphatic heterocycles. The molecule has 1 saturated heterocycles. The minimum absolute atomic E-state index is 0.257. The van der Waals surface area contributed by atoms with Crippen molar-refractivity contribution >= 4 is 33.2 Å². The van der Waals surface area contributed by atoms with E-state index in [-0.39, 0.29) is 5.28 Å². The summed E-state index contributed by atoms with van der Waals surface area (Å²) in [5.41, 5.74) is 0. The first-order valence-electron chi connectivity index (χ1n) is 6.90. The molecule has 0 aromatic carbocycles. The highest BCUT2D eigenvalue weighted by Crippen LogP contribution is 2.31. The van der Waals surface area contributed by atoms with E-state index in [1.807, 2.05) is 0 Å². The van der Waals surface area contributed by atoms with E-state index in [2.05, 4.69) is 34.9 Å². The molecule has 3 heterocycles. The molecule has 3 rings (SSSR count). The molecule has 0 bridgehead atoms. The van der Waals surface area contributed by atoms with Gasteiger partial charge >= 0.3 is 0 Å². The predicted octanol–water partition coefficient (Wildman–Crippen LogP) is 3.52. The van der Waals surface area contributed by atoms with E-state index in [1.165, 1.54) is 24.3 Å². The first-order chi connectivity index (χ1) is 9.63. The molecule has 2 aromatic heterocycles. The van der Waals surface area contributed by atoms with Crippen LogP contribution in [0.2, 0.25) is 5.28 Å². The third kappa shape index (κ3) is 2.90. The lowest BCUT2D eigenvalue weighted by Gasteiger charge is -2.19. The lowest BCUT2D eigenvalue weighted by molar-refractivity contribution is 0.230. The highest BCUT2D eigenvalue weighted by atomic mass is 35.5. The third-order valence-corrected chi connectivity index (χ3v) is 4.93. The first kappa shape index (κ1) is 14.0. The minimum Gasteiger partial charge on any atom is -0.477 e. The molecule has 4 nitrogen and oxygen atoms in total. The second-order valence-electron chi connectivity index (χ2n) is 5.29. The van der Waals surface area contributed by atoms with Crippen LogP contribution in [0.15, 0.2) is 6.07 Å². The van der Waals surface area contributed by atoms with Crippen LogP contribution in [-0.4, -0.2) is 41.1 Å². The maximum atomic E-state index is 5.96. The van der Waals surface area contributed by atoms with Gasteiger partial charge in [0.2, 0.25) is 11.2 Å². The number of rotatable bonds is 4. The van der Waals surface area contributed by atoms with Crippen LogP contribution < -0.4 is 4.74 Å². The van der Waals surface area contributed by atoms with E-state index >= 15 is 0 Å². The van der Waals surface area contributed by atoms with Gasteiger partial charge in [-0.15, -0.1) is 11.3 Å². The van der Waals surface area contributed by atoms with Crippen LogP contribution in [0.1, 0.15) is 24.1 Å². The molecule has 0 saturated carbocycles. The molecule has 1 aliphatic rings. The summed E-state index contributed by atoms with van der Waals surface area (Å²) in [7, 11) is 2.18. The molecule has 1 atom stereocenters. The van der Waals surface area contributed by atoms with Crippen molar-refractivity contribution in [1.29, 1.82) is 0 Å². The fourth-order valence-corrected chi connectivity index (χ4v) is 3.82. The van der Waals surface area contributed by atoms with Gasteiger partial charge in [0, 0.05) is 10.9 Å². The van der Waals surface area contributed by atoms with E-state index in [0.29, 0.717) is 18.5 Å². The van der Waals surface area contributed by atoms with Gasteiger partial charge in [-0.3, -0.25) is 0 Å². The van der Waals surface area contributed by atoms with Crippen LogP contribution in [0.5, 0.6) is 5.88 Å². The third-order valence-electron chi connectivity index (χ3n) is 3.82. The van der Waals surface area contributed by atoms with Crippen LogP contribution in [-0.2, 0) is 0 Å². The molecule has 1 unspecified atom stereocenters. The van der Waals surface area contributed by atoms with Crippen molar-refractivity contribution in [2.75, 3.05) is 20.2 Å². The van der Waals surface area contributed by atoms with Gasteiger partial charge in [0.1, 0.15) is 4.83 Å². The number of hydrogen-bond acceptors (Lipinski definition) is 5. The number of nitrogens with zero attached hydrogens (tertiary/aromatic N) is 3. The smallest absolute Gasteiger partial charge is 0.227 e. The second kappa shape index (κ2) is 5.84. The summed E-state index contributed by atoms with van der Waals surface area (Å²) in [4.78, 5) is 13.0. The zero-order valence-electron chi connectivity index (χ0n) is 11.7. The zero-order chi connectivity index (χ0) is 14.1. The monoisotopic (exact) mass is 311 g/mol. The van der Waals surface area contributed by atoms with Crippen molar-refractivity contribution in [3.8, 4) is 5.88 Å². The Morgan fingerprint density at radius 2 is 2.35 bits per heavy atom. The molecule has 2 aromatic rings. The summed E-state index contributed by atoms with van der Waals surface area (Å²) < 4.78 is 5.87. The summed E-state index contributed by atoms with van der Waals surface area (Å²) in [5.74, 6) is 0.616. The Kier molecular flexibility index (Phi) is 4.10. The number of thiophene rings is 1. The van der Waals surface area contributed by atoms with Gasteiger partial charge in [0.25, 0.3) is 0 Å². The topological polar surface area (TPSA) is 38.2 Å². The largest absolute Gasteiger partial charge is 0.477 e. The van der Waals surface area contributed by atoms with Gasteiger partial charge in [-0.05, 0) is 57.4 Å². The van der Waals surface area contributed by atoms with Crippen LogP contribution in [0.25, 0.3) is 10.2 Å². The van der Waals surface area contributed by atoms with E-state index in [1.54, 1.807) is 11.3 Å². The van der Waals surface area contributed by atoms with Crippen molar-refractivity contribution < 1.29 is 4.74 Å². The van der Waals surface area contributed by atoms with Crippen LogP contribution in [0.3, 0.4) is 0 Å². The molecule has 0 N–H and O–H groups in total. The number of hydrogen-bond donors (Lipinski definition) is 0. The number of fused-ring (bicyclic) bond motifs is 1. The summed E-state index contributed by atoms with van der Waals surface area (Å²) in [6, 6.07) is 2.69. The standard InChI is InChI=1S/C14H18ClN3OS/c1-9-8-11-12(16-14(15)17-13(11)20-9)19-7-5-10-4-3-6-18(10)2/h8,10H,3-7H2,1-2H3. The highest BCUT2D eigenvalue weighted by Gasteiger charge is 2.20. The molecule has 0 amide bonds. The van der Waals surface area contributed by atoms with Gasteiger partial charge < -0.3 is 9.64 Å². The van der Waals surface area contributed by atoms with Crippen molar-refractivity contribution in [1.82, 2.24) is 14.9 Å². The van der Waals surface area contributed by atoms with Crippen LogP contribution in [0, 0.1) is 6.92 Å². The molecular formula is C14H18ClN3OS. The fraction of sp³-hybridized carbons (Fsp3) is 0.571. The number of aromatic nitrogens is 2. The minimum atomic E-state index is 0.257. The normalized spacial score (nSPS) is 19.9. The zero-order valence-corrected chi connectivity index (χ0v) is 13.3. The number of halogens is 1. The predicted molar refractivity (Wildman–Crippen MR) is 82.9 cm³/mol. The van der Waals surface area contributed by atoms with Crippen LogP contribution >= 0.6 is 22.9 Å². The Bertz CT molecular complexity index is 616. The summed E-state index contributed by atoms with van der Waals surface area (Å²) in [6.45, 7) is 3.92. The summed E-state index contributed by atoms with van der Waals surface area (Å²) >= 11 is 7.57. The Labute approximate surface area is 127 Å². The maximum absolute atomic E-state index is 5.96. The molecule has 108 valence electrons. The molecule has 20 heavy (non-hydrogen) atoms. The average Bonchev–Trinajstić information content (AvgIpc) is 2.95. The Hall–Kier alpha value is -0.910. The van der Waals surface area contributed by atoms with E-state index in [9.17, 15) is 0 Å². The quantitative estimate of drug-likeness (QED) is 0.810. The molecule has 6 heteroatoms. The van der Waals surface area contributed by atoms with E-state index in [0.717, 1.165) is 16.6 Å². The van der Waals surface area contributed by atoms with Gasteiger partial charge in [-0.1, -0.05) is 0 Å². The lowest BCUT2D eigenvalue weighted by Crippen LogP contribution is -2.26. The van der Waals surface area contributed by atoms with Gasteiger partial charge in [-0.2, -0.15) is 4.98 Å². The summed E-state index contributed by atoms with van der Waals surface area (Å²) in [5, 5.41) is 1.23. The fourth-order valence-electron chi connectivity index (χ4n) is 2.74. The van der Waals surface area contributed by atoms with Gasteiger partial charge in [0.15, 0.2) is 0 Å². The molecule has 0 radical (unpaired) electrons. The van der Waals surface area contributed by atoms with Gasteiger partial charge in [0.05, 0.1) is 12.0 Å². The SMILES string of the molecule is Cc1cc2c(OCCC3CCCN3C)nc(Cl)nc2s1. The van der Waals surface area contributed by atoms with E-state index in [4.69, 9.17) is 16.3 Å². The molecule has 0 aliphatic carbocycles. The first-order valence-corrected chi connectivity index (χ1v) is 8.09. The number of likely N-dealkylation sites (tertiary alicyclic amines) is 1. The lowest BCUT2D eigenvalue weighted by atomic mass is 10.1. The average molecular weight is 312 g/mol. The van der Waals surface area contributed by atoms with Crippen molar-refractivity contribution in [3.63, 3.8) is 0 Å².